The molecule has 100 valence electrons. The van der Waals surface area contributed by atoms with E-state index in [0.717, 1.165) is 12.8 Å². The van der Waals surface area contributed by atoms with E-state index in [9.17, 15) is 4.79 Å². The molecule has 5 heteroatoms. The van der Waals surface area contributed by atoms with Gasteiger partial charge in [-0.2, -0.15) is 0 Å². The summed E-state index contributed by atoms with van der Waals surface area (Å²) in [4.78, 5) is 13.7. The van der Waals surface area contributed by atoms with Gasteiger partial charge in [-0.3, -0.25) is 4.79 Å². The number of nitrogens with two attached hydrogens (primary N) is 1. The smallest absolute Gasteiger partial charge is 0.222 e. The molecule has 0 spiro atoms. The number of ether oxygens (including phenoxy) is 1. The SMILES string of the molecule is CC(CCN)CCC(=O)N1CCOC(CO)C1. The highest BCUT2D eigenvalue weighted by Crippen LogP contribution is 2.12. The summed E-state index contributed by atoms with van der Waals surface area (Å²) in [6, 6.07) is 0. The van der Waals surface area contributed by atoms with Crippen LogP contribution in [0.4, 0.5) is 0 Å². The van der Waals surface area contributed by atoms with Crippen molar-refractivity contribution in [2.24, 2.45) is 11.7 Å². The van der Waals surface area contributed by atoms with Gasteiger partial charge in [-0.25, -0.2) is 0 Å². The van der Waals surface area contributed by atoms with Crippen molar-refractivity contribution >= 4 is 5.91 Å². The number of morpholine rings is 1. The maximum Gasteiger partial charge on any atom is 0.222 e. The van der Waals surface area contributed by atoms with Crippen molar-refractivity contribution in [3.05, 3.63) is 0 Å². The van der Waals surface area contributed by atoms with E-state index in [2.05, 4.69) is 6.92 Å². The van der Waals surface area contributed by atoms with Crippen molar-refractivity contribution < 1.29 is 14.6 Å². The van der Waals surface area contributed by atoms with Crippen molar-refractivity contribution in [3.8, 4) is 0 Å². The third kappa shape index (κ3) is 5.02. The second-order valence-corrected chi connectivity index (χ2v) is 4.74. The number of rotatable bonds is 6. The summed E-state index contributed by atoms with van der Waals surface area (Å²) in [7, 11) is 0. The summed E-state index contributed by atoms with van der Waals surface area (Å²) >= 11 is 0. The van der Waals surface area contributed by atoms with Gasteiger partial charge >= 0.3 is 0 Å². The van der Waals surface area contributed by atoms with Crippen LogP contribution in [-0.2, 0) is 9.53 Å². The van der Waals surface area contributed by atoms with E-state index in [0.29, 0.717) is 38.6 Å². The Morgan fingerprint density at radius 3 is 3.00 bits per heavy atom. The normalized spacial score (nSPS) is 22.5. The van der Waals surface area contributed by atoms with E-state index in [1.807, 2.05) is 0 Å². The molecule has 0 aromatic heterocycles. The predicted octanol–water partition coefficient (Wildman–Crippen LogP) is -0.0288. The number of hydrogen-bond acceptors (Lipinski definition) is 4. The monoisotopic (exact) mass is 244 g/mol. The van der Waals surface area contributed by atoms with Crippen molar-refractivity contribution in [2.75, 3.05) is 32.8 Å². The van der Waals surface area contributed by atoms with Gasteiger partial charge in [0.2, 0.25) is 5.91 Å². The van der Waals surface area contributed by atoms with Crippen LogP contribution in [-0.4, -0.2) is 54.9 Å². The van der Waals surface area contributed by atoms with Crippen molar-refractivity contribution in [1.29, 1.82) is 0 Å². The average Bonchev–Trinajstić information content (AvgIpc) is 2.36. The van der Waals surface area contributed by atoms with Gasteiger partial charge < -0.3 is 20.5 Å². The molecule has 2 atom stereocenters. The van der Waals surface area contributed by atoms with Crippen LogP contribution in [0.3, 0.4) is 0 Å². The minimum atomic E-state index is -0.214. The summed E-state index contributed by atoms with van der Waals surface area (Å²) < 4.78 is 5.31. The molecule has 1 aliphatic rings. The molecule has 1 amide bonds. The van der Waals surface area contributed by atoms with Gasteiger partial charge in [0.05, 0.1) is 19.3 Å². The fraction of sp³-hybridized carbons (Fsp3) is 0.917. The zero-order chi connectivity index (χ0) is 12.7. The Balaban J connectivity index is 2.27. The molecule has 1 rings (SSSR count). The first-order chi connectivity index (χ1) is 8.17. The summed E-state index contributed by atoms with van der Waals surface area (Å²) in [6.07, 6.45) is 2.21. The topological polar surface area (TPSA) is 75.8 Å². The summed E-state index contributed by atoms with van der Waals surface area (Å²) in [5, 5.41) is 9.00. The third-order valence-corrected chi connectivity index (χ3v) is 3.21. The summed E-state index contributed by atoms with van der Waals surface area (Å²) in [5.74, 6) is 0.661. The number of aliphatic hydroxyl groups is 1. The van der Waals surface area contributed by atoms with E-state index < -0.39 is 0 Å². The second kappa shape index (κ2) is 7.63. The number of hydrogen-bond donors (Lipinski definition) is 2. The first kappa shape index (κ1) is 14.4. The van der Waals surface area contributed by atoms with E-state index in [-0.39, 0.29) is 18.6 Å². The van der Waals surface area contributed by atoms with Gasteiger partial charge in [0.1, 0.15) is 0 Å². The Hall–Kier alpha value is -0.650. The zero-order valence-corrected chi connectivity index (χ0v) is 10.6. The minimum Gasteiger partial charge on any atom is -0.394 e. The molecule has 1 aliphatic heterocycles. The first-order valence-corrected chi connectivity index (χ1v) is 6.37. The van der Waals surface area contributed by atoms with Gasteiger partial charge in [0, 0.05) is 19.5 Å². The van der Waals surface area contributed by atoms with Gasteiger partial charge in [-0.15, -0.1) is 0 Å². The number of carbonyl (C=O) groups excluding carboxylic acids is 1. The first-order valence-electron chi connectivity index (χ1n) is 6.37. The Kier molecular flexibility index (Phi) is 6.47. The molecule has 5 nitrogen and oxygen atoms in total. The zero-order valence-electron chi connectivity index (χ0n) is 10.6. The third-order valence-electron chi connectivity index (χ3n) is 3.21. The number of nitrogens with zero attached hydrogens (tertiary/aromatic N) is 1. The molecule has 3 N–H and O–H groups in total. The number of carbonyl (C=O) groups is 1. The molecular formula is C12H24N2O3. The lowest BCUT2D eigenvalue weighted by Gasteiger charge is -2.32. The van der Waals surface area contributed by atoms with Gasteiger partial charge in [-0.1, -0.05) is 6.92 Å². The fourth-order valence-electron chi connectivity index (χ4n) is 2.01. The minimum absolute atomic E-state index is 0.0205. The molecule has 17 heavy (non-hydrogen) atoms. The van der Waals surface area contributed by atoms with Crippen LogP contribution < -0.4 is 5.73 Å². The number of amides is 1. The van der Waals surface area contributed by atoms with Gasteiger partial charge in [0.15, 0.2) is 0 Å². The molecule has 0 aromatic rings. The largest absolute Gasteiger partial charge is 0.394 e. The predicted molar refractivity (Wildman–Crippen MR) is 65.5 cm³/mol. The van der Waals surface area contributed by atoms with Crippen LogP contribution in [0.2, 0.25) is 0 Å². The van der Waals surface area contributed by atoms with Crippen LogP contribution in [0.25, 0.3) is 0 Å². The average molecular weight is 244 g/mol. The van der Waals surface area contributed by atoms with Crippen LogP contribution in [0, 0.1) is 5.92 Å². The van der Waals surface area contributed by atoms with Crippen LogP contribution in [0.5, 0.6) is 0 Å². The fourth-order valence-corrected chi connectivity index (χ4v) is 2.01. The van der Waals surface area contributed by atoms with E-state index in [1.165, 1.54) is 0 Å². The van der Waals surface area contributed by atoms with Crippen LogP contribution >= 0.6 is 0 Å². The lowest BCUT2D eigenvalue weighted by atomic mass is 10.0. The molecule has 0 aromatic carbocycles. The van der Waals surface area contributed by atoms with Crippen LogP contribution in [0.1, 0.15) is 26.2 Å². The Morgan fingerprint density at radius 2 is 2.35 bits per heavy atom. The Morgan fingerprint density at radius 1 is 1.59 bits per heavy atom. The lowest BCUT2D eigenvalue weighted by molar-refractivity contribution is -0.140. The molecule has 0 radical (unpaired) electrons. The second-order valence-electron chi connectivity index (χ2n) is 4.74. The molecule has 1 heterocycles. The highest BCUT2D eigenvalue weighted by molar-refractivity contribution is 5.76. The van der Waals surface area contributed by atoms with E-state index >= 15 is 0 Å². The lowest BCUT2D eigenvalue weighted by Crippen LogP contribution is -2.46. The molecule has 2 unspecified atom stereocenters. The quantitative estimate of drug-likeness (QED) is 0.688. The van der Waals surface area contributed by atoms with Crippen molar-refractivity contribution in [2.45, 2.75) is 32.3 Å². The van der Waals surface area contributed by atoms with E-state index in [4.69, 9.17) is 15.6 Å². The summed E-state index contributed by atoms with van der Waals surface area (Å²) in [6.45, 7) is 4.46. The molecule has 0 saturated carbocycles. The van der Waals surface area contributed by atoms with Crippen molar-refractivity contribution in [3.63, 3.8) is 0 Å². The molecule has 1 fully saturated rings. The number of aliphatic hydroxyl groups excluding tert-OH is 1. The standard InChI is InChI=1S/C12H24N2O3/c1-10(4-5-13)2-3-12(16)14-6-7-17-11(8-14)9-15/h10-11,15H,2-9,13H2,1H3. The highest BCUT2D eigenvalue weighted by Gasteiger charge is 2.23. The molecule has 0 aliphatic carbocycles. The summed E-state index contributed by atoms with van der Waals surface area (Å²) in [5.41, 5.74) is 5.48. The molecule has 0 bridgehead atoms. The molecule has 1 saturated heterocycles. The van der Waals surface area contributed by atoms with Gasteiger partial charge in [0.25, 0.3) is 0 Å². The molecular weight excluding hydrogens is 220 g/mol. The Bertz CT molecular complexity index is 236. The van der Waals surface area contributed by atoms with Crippen LogP contribution in [0.15, 0.2) is 0 Å². The van der Waals surface area contributed by atoms with Crippen molar-refractivity contribution in [1.82, 2.24) is 4.90 Å². The highest BCUT2D eigenvalue weighted by atomic mass is 16.5. The maximum atomic E-state index is 11.9. The van der Waals surface area contributed by atoms with E-state index in [1.54, 1.807) is 4.90 Å². The maximum absolute atomic E-state index is 11.9. The van der Waals surface area contributed by atoms with Gasteiger partial charge in [-0.05, 0) is 25.3 Å². The Labute approximate surface area is 103 Å².